The molecule has 1 fully saturated rings. The van der Waals surface area contributed by atoms with E-state index < -0.39 is 11.1 Å². The maximum atomic E-state index is 15.3. The Kier molecular flexibility index (Phi) is 7.05. The molecule has 4 aromatic heterocycles. The maximum absolute atomic E-state index is 15.3. The Morgan fingerprint density at radius 2 is 2.08 bits per heavy atom. The number of nitrogens with zero attached hydrogens (tertiary/aromatic N) is 5. The molecular formula is C25H30FN6O3S-. The zero-order valence-corrected chi connectivity index (χ0v) is 21.5. The molecule has 9 nitrogen and oxygen atoms in total. The number of piperidine rings is 1. The first-order valence-corrected chi connectivity index (χ1v) is 13.5. The van der Waals surface area contributed by atoms with Crippen molar-refractivity contribution in [2.75, 3.05) is 32.5 Å². The first kappa shape index (κ1) is 24.8. The van der Waals surface area contributed by atoms with E-state index in [4.69, 9.17) is 9.72 Å². The van der Waals surface area contributed by atoms with Gasteiger partial charge in [-0.1, -0.05) is 24.9 Å². The predicted molar refractivity (Wildman–Crippen MR) is 135 cm³/mol. The average Bonchev–Trinajstić information content (AvgIpc) is 3.47. The summed E-state index contributed by atoms with van der Waals surface area (Å²) in [4.78, 5) is 14.8. The summed E-state index contributed by atoms with van der Waals surface area (Å²) in [7, 11) is 1.60. The normalized spacial score (nSPS) is 16.4. The number of fused-ring (bicyclic) bond motifs is 2. The summed E-state index contributed by atoms with van der Waals surface area (Å²) in [5.41, 5.74) is 5.34. The van der Waals surface area contributed by atoms with Gasteiger partial charge in [-0.15, -0.1) is 0 Å². The van der Waals surface area contributed by atoms with Crippen LogP contribution in [0.15, 0.2) is 24.7 Å². The summed E-state index contributed by atoms with van der Waals surface area (Å²) in [6.07, 6.45) is 5.58. The number of halogens is 1. The van der Waals surface area contributed by atoms with E-state index in [1.165, 1.54) is 6.33 Å². The Morgan fingerprint density at radius 3 is 2.78 bits per heavy atom. The number of hydrogen-bond acceptors (Lipinski definition) is 7. The van der Waals surface area contributed by atoms with E-state index in [1.807, 2.05) is 12.3 Å². The van der Waals surface area contributed by atoms with Crippen molar-refractivity contribution < 1.29 is 17.9 Å². The van der Waals surface area contributed by atoms with Gasteiger partial charge in [-0.25, -0.2) is 18.9 Å². The molecule has 1 unspecified atom stereocenters. The smallest absolute Gasteiger partial charge is 0.197 e. The third kappa shape index (κ3) is 4.74. The topological polar surface area (TPSA) is 111 Å². The fraction of sp³-hybridized carbons (Fsp3) is 0.480. The number of nitrogens with one attached hydrogen (secondary N) is 1. The van der Waals surface area contributed by atoms with Gasteiger partial charge in [0, 0.05) is 35.1 Å². The van der Waals surface area contributed by atoms with E-state index in [0.29, 0.717) is 29.0 Å². The van der Waals surface area contributed by atoms with Crippen molar-refractivity contribution >= 4 is 27.8 Å². The van der Waals surface area contributed by atoms with Crippen LogP contribution in [0.1, 0.15) is 56.2 Å². The summed E-state index contributed by atoms with van der Waals surface area (Å²) in [5.74, 6) is 0.659. The van der Waals surface area contributed by atoms with Gasteiger partial charge in [0.2, 0.25) is 0 Å². The minimum atomic E-state index is -2.00. The van der Waals surface area contributed by atoms with E-state index in [9.17, 15) is 8.76 Å². The van der Waals surface area contributed by atoms with E-state index >= 15 is 4.39 Å². The molecule has 192 valence electrons. The van der Waals surface area contributed by atoms with Gasteiger partial charge >= 0.3 is 0 Å². The highest BCUT2D eigenvalue weighted by molar-refractivity contribution is 7.79. The van der Waals surface area contributed by atoms with E-state index in [2.05, 4.69) is 33.8 Å². The van der Waals surface area contributed by atoms with Crippen LogP contribution in [0.4, 0.5) is 4.39 Å². The number of methoxy groups -OCH3 is 1. The van der Waals surface area contributed by atoms with Gasteiger partial charge in [0.1, 0.15) is 12.1 Å². The third-order valence-electron chi connectivity index (χ3n) is 6.97. The van der Waals surface area contributed by atoms with Gasteiger partial charge in [0.25, 0.3) is 0 Å². The summed E-state index contributed by atoms with van der Waals surface area (Å²) in [6.45, 7) is 6.57. The van der Waals surface area contributed by atoms with Crippen LogP contribution in [0.2, 0.25) is 0 Å². The van der Waals surface area contributed by atoms with Crippen LogP contribution < -0.4 is 4.74 Å². The van der Waals surface area contributed by atoms with E-state index in [-0.39, 0.29) is 23.4 Å². The van der Waals surface area contributed by atoms with Crippen LogP contribution in [0.25, 0.3) is 27.9 Å². The lowest BCUT2D eigenvalue weighted by Gasteiger charge is -2.31. The number of hydrogen-bond donors (Lipinski definition) is 1. The molecule has 0 aliphatic carbocycles. The standard InChI is InChI=1S/C25H31FN6O3S/c1-15(2)21-23(17-11-20(35-3)25-27-14-28-32(25)13-17)29-19-12-18(26)22(30-24(19)21)16-5-8-31(9-6-16)7-4-10-36(33)34/h11-16,29H,4-10H2,1-3H3,(H,33,34)/p-1. The lowest BCUT2D eigenvalue weighted by Crippen LogP contribution is -2.34. The van der Waals surface area contributed by atoms with Crippen LogP contribution in [0.3, 0.4) is 0 Å². The number of pyridine rings is 2. The van der Waals surface area contributed by atoms with Crippen LogP contribution in [0.5, 0.6) is 5.75 Å². The molecule has 11 heteroatoms. The Hall–Kier alpha value is -2.89. The summed E-state index contributed by atoms with van der Waals surface area (Å²) < 4.78 is 44.1. The highest BCUT2D eigenvalue weighted by Gasteiger charge is 2.27. The van der Waals surface area contributed by atoms with Gasteiger partial charge in [0.15, 0.2) is 11.4 Å². The molecule has 4 aromatic rings. The Labute approximate surface area is 211 Å². The van der Waals surface area contributed by atoms with Crippen molar-refractivity contribution in [1.29, 1.82) is 0 Å². The van der Waals surface area contributed by atoms with Gasteiger partial charge in [0.05, 0.1) is 29.5 Å². The molecule has 0 aromatic carbocycles. The fourth-order valence-electron chi connectivity index (χ4n) is 5.22. The molecule has 0 radical (unpaired) electrons. The molecule has 1 aliphatic rings. The second-order valence-electron chi connectivity index (χ2n) is 9.62. The average molecular weight is 514 g/mol. The molecule has 0 bridgehead atoms. The lowest BCUT2D eigenvalue weighted by molar-refractivity contribution is 0.210. The lowest BCUT2D eigenvalue weighted by atomic mass is 9.92. The van der Waals surface area contributed by atoms with Crippen molar-refractivity contribution in [3.63, 3.8) is 0 Å². The highest BCUT2D eigenvalue weighted by atomic mass is 32.2. The summed E-state index contributed by atoms with van der Waals surface area (Å²) >= 11 is -2.00. The largest absolute Gasteiger partial charge is 0.772 e. The van der Waals surface area contributed by atoms with Crippen LogP contribution in [-0.4, -0.2) is 70.7 Å². The zero-order valence-electron chi connectivity index (χ0n) is 20.7. The zero-order chi connectivity index (χ0) is 25.4. The van der Waals surface area contributed by atoms with Crippen molar-refractivity contribution in [3.8, 4) is 17.0 Å². The van der Waals surface area contributed by atoms with Gasteiger partial charge in [-0.05, 0) is 50.9 Å². The maximum Gasteiger partial charge on any atom is 0.197 e. The second-order valence-corrected chi connectivity index (χ2v) is 10.6. The Bertz CT molecular complexity index is 1410. The molecule has 5 heterocycles. The first-order chi connectivity index (χ1) is 17.4. The van der Waals surface area contributed by atoms with Crippen molar-refractivity contribution in [3.05, 3.63) is 41.7 Å². The van der Waals surface area contributed by atoms with Crippen LogP contribution in [0, 0.1) is 5.82 Å². The van der Waals surface area contributed by atoms with Crippen molar-refractivity contribution in [2.24, 2.45) is 0 Å². The number of rotatable bonds is 8. The van der Waals surface area contributed by atoms with E-state index in [0.717, 1.165) is 54.8 Å². The number of aromatic amines is 1. The molecule has 1 atom stereocenters. The van der Waals surface area contributed by atoms with Gasteiger partial charge in [-0.2, -0.15) is 5.10 Å². The quantitative estimate of drug-likeness (QED) is 0.355. The number of likely N-dealkylation sites (tertiary alicyclic amines) is 1. The van der Waals surface area contributed by atoms with Crippen LogP contribution in [-0.2, 0) is 11.1 Å². The van der Waals surface area contributed by atoms with E-state index in [1.54, 1.807) is 17.7 Å². The minimum absolute atomic E-state index is 0.0317. The molecule has 0 amide bonds. The van der Waals surface area contributed by atoms with Crippen molar-refractivity contribution in [1.82, 2.24) is 29.5 Å². The molecule has 1 aliphatic heterocycles. The molecule has 1 N–H and O–H groups in total. The number of aromatic nitrogens is 5. The number of ether oxygens (including phenoxy) is 1. The molecule has 0 saturated carbocycles. The second kappa shape index (κ2) is 10.2. The SMILES string of the molecule is COc1cc(-c2[nH]c3cc(F)c(C4CCN(CCCS(=O)[O-])CC4)nc3c2C(C)C)cn2ncnc12. The summed E-state index contributed by atoms with van der Waals surface area (Å²) in [6, 6.07) is 3.48. The third-order valence-corrected chi connectivity index (χ3v) is 7.60. The Morgan fingerprint density at radius 1 is 1.31 bits per heavy atom. The molecule has 0 spiro atoms. The number of H-pyrrole nitrogens is 1. The Balaban J connectivity index is 1.47. The minimum Gasteiger partial charge on any atom is -0.772 e. The molecule has 36 heavy (non-hydrogen) atoms. The fourth-order valence-corrected chi connectivity index (χ4v) is 5.58. The molecule has 1 saturated heterocycles. The first-order valence-electron chi connectivity index (χ1n) is 12.2. The molecular weight excluding hydrogens is 483 g/mol. The van der Waals surface area contributed by atoms with Gasteiger partial charge in [-0.3, -0.25) is 4.21 Å². The molecule has 5 rings (SSSR count). The predicted octanol–water partition coefficient (Wildman–Crippen LogP) is 3.99. The monoisotopic (exact) mass is 513 g/mol. The van der Waals surface area contributed by atoms with Crippen LogP contribution >= 0.6 is 0 Å². The highest BCUT2D eigenvalue weighted by Crippen LogP contribution is 2.38. The summed E-state index contributed by atoms with van der Waals surface area (Å²) in [5, 5.41) is 4.27. The van der Waals surface area contributed by atoms with Gasteiger partial charge < -0.3 is 19.2 Å². The van der Waals surface area contributed by atoms with Crippen molar-refractivity contribution in [2.45, 2.75) is 44.9 Å².